The molecule has 0 spiro atoms. The Bertz CT molecular complexity index is 696. The van der Waals surface area contributed by atoms with Gasteiger partial charge in [0.1, 0.15) is 24.1 Å². The maximum absolute atomic E-state index is 11.7. The number of imidazole rings is 1. The minimum absolute atomic E-state index is 0.149. The summed E-state index contributed by atoms with van der Waals surface area (Å²) < 4.78 is 6.79. The quantitative estimate of drug-likeness (QED) is 0.424. The number of nitrogens with one attached hydrogen (secondary N) is 1. The van der Waals surface area contributed by atoms with Gasteiger partial charge in [0.05, 0.1) is 18.5 Å². The molecule has 3 heterocycles. The van der Waals surface area contributed by atoms with E-state index in [1.54, 1.807) is 0 Å². The minimum atomic E-state index is -1.25. The number of nitrogens with two attached hydrogens (primary N) is 1. The van der Waals surface area contributed by atoms with Gasteiger partial charge >= 0.3 is 0 Å². The van der Waals surface area contributed by atoms with Gasteiger partial charge in [0, 0.05) is 6.07 Å². The van der Waals surface area contributed by atoms with Crippen molar-refractivity contribution < 1.29 is 20.1 Å². The van der Waals surface area contributed by atoms with Gasteiger partial charge in [0.25, 0.3) is 5.56 Å². The Labute approximate surface area is 112 Å². The molecule has 2 aromatic heterocycles. The number of nitrogen functional groups attached to an aromatic ring is 1. The van der Waals surface area contributed by atoms with Crippen LogP contribution in [-0.2, 0) is 4.74 Å². The third-order valence-corrected chi connectivity index (χ3v) is 3.39. The van der Waals surface area contributed by atoms with Gasteiger partial charge in [-0.25, -0.2) is 4.98 Å². The maximum atomic E-state index is 11.7. The number of fused-ring (bicyclic) bond motifs is 1. The van der Waals surface area contributed by atoms with Gasteiger partial charge in [-0.3, -0.25) is 4.79 Å². The van der Waals surface area contributed by atoms with Crippen molar-refractivity contribution in [2.45, 2.75) is 24.5 Å². The third kappa shape index (κ3) is 1.79. The Balaban J connectivity index is 2.09. The average molecular weight is 282 g/mol. The molecule has 108 valence electrons. The van der Waals surface area contributed by atoms with Crippen molar-refractivity contribution in [2.24, 2.45) is 0 Å². The lowest BCUT2D eigenvalue weighted by atomic mass is 10.1. The summed E-state index contributed by atoms with van der Waals surface area (Å²) in [5, 5.41) is 28.8. The largest absolute Gasteiger partial charge is 0.394 e. The number of hydrogen-bond acceptors (Lipinski definition) is 7. The monoisotopic (exact) mass is 282 g/mol. The van der Waals surface area contributed by atoms with Crippen LogP contribution in [0.15, 0.2) is 17.2 Å². The normalized spacial score (nSPS) is 30.1. The Morgan fingerprint density at radius 3 is 2.85 bits per heavy atom. The molecule has 2 aromatic rings. The van der Waals surface area contributed by atoms with Crippen molar-refractivity contribution in [1.29, 1.82) is 0 Å². The average Bonchev–Trinajstić information content (AvgIpc) is 2.93. The highest BCUT2D eigenvalue weighted by molar-refractivity contribution is 5.76. The number of hydrogen-bond donors (Lipinski definition) is 5. The Hall–Kier alpha value is -1.94. The standard InChI is InChI=1S/C11H14N4O5/c12-6-1-4-7(10(19)14-6)13-3-15(4)11-9(18)8(17)5(2-16)20-11/h1,3,5,8-9,11,16-18H,2H2,(H3,12,14,19)/t5-,8-,9+,11-/m1/s1. The van der Waals surface area contributed by atoms with Crippen molar-refractivity contribution in [3.05, 3.63) is 22.7 Å². The molecule has 6 N–H and O–H groups in total. The van der Waals surface area contributed by atoms with Crippen LogP contribution < -0.4 is 11.3 Å². The molecule has 1 saturated heterocycles. The molecule has 0 aliphatic carbocycles. The first-order valence-corrected chi connectivity index (χ1v) is 6.00. The summed E-state index contributed by atoms with van der Waals surface area (Å²) in [7, 11) is 0. The fourth-order valence-corrected chi connectivity index (χ4v) is 2.37. The number of nitrogens with zero attached hydrogens (tertiary/aromatic N) is 2. The Kier molecular flexibility index (Phi) is 2.98. The lowest BCUT2D eigenvalue weighted by molar-refractivity contribution is -0.0508. The highest BCUT2D eigenvalue weighted by atomic mass is 16.6. The molecule has 9 heteroatoms. The van der Waals surface area contributed by atoms with Crippen LogP contribution >= 0.6 is 0 Å². The molecule has 9 nitrogen and oxygen atoms in total. The summed E-state index contributed by atoms with van der Waals surface area (Å²) in [6, 6.07) is 1.48. The van der Waals surface area contributed by atoms with E-state index in [1.807, 2.05) is 0 Å². The molecule has 0 bridgehead atoms. The minimum Gasteiger partial charge on any atom is -0.394 e. The summed E-state index contributed by atoms with van der Waals surface area (Å²) in [6.45, 7) is -0.427. The van der Waals surface area contributed by atoms with Crippen LogP contribution in [0.4, 0.5) is 5.82 Å². The van der Waals surface area contributed by atoms with Gasteiger partial charge in [-0.1, -0.05) is 0 Å². The van der Waals surface area contributed by atoms with Gasteiger partial charge in [0.2, 0.25) is 0 Å². The second-order valence-corrected chi connectivity index (χ2v) is 4.67. The van der Waals surface area contributed by atoms with Crippen molar-refractivity contribution in [3.8, 4) is 0 Å². The summed E-state index contributed by atoms with van der Waals surface area (Å²) >= 11 is 0. The number of aliphatic hydroxyl groups excluding tert-OH is 3. The van der Waals surface area contributed by atoms with Crippen LogP contribution in [0.25, 0.3) is 11.0 Å². The predicted octanol–water partition coefficient (Wildman–Crippen LogP) is -2.08. The maximum Gasteiger partial charge on any atom is 0.277 e. The van der Waals surface area contributed by atoms with E-state index < -0.39 is 36.7 Å². The highest BCUT2D eigenvalue weighted by Gasteiger charge is 2.43. The van der Waals surface area contributed by atoms with Crippen molar-refractivity contribution in [2.75, 3.05) is 12.3 Å². The molecule has 0 saturated carbocycles. The highest BCUT2D eigenvalue weighted by Crippen LogP contribution is 2.31. The molecule has 1 aliphatic heterocycles. The zero-order valence-corrected chi connectivity index (χ0v) is 10.3. The zero-order chi connectivity index (χ0) is 14.4. The van der Waals surface area contributed by atoms with Crippen molar-refractivity contribution in [3.63, 3.8) is 0 Å². The van der Waals surface area contributed by atoms with Gasteiger partial charge in [-0.2, -0.15) is 0 Å². The van der Waals surface area contributed by atoms with Gasteiger partial charge in [-0.15, -0.1) is 0 Å². The topological polar surface area (TPSA) is 147 Å². The van der Waals surface area contributed by atoms with Gasteiger partial charge in [-0.05, 0) is 0 Å². The second kappa shape index (κ2) is 4.56. The SMILES string of the molecule is Nc1cc2c(ncn2[C@@H]2O[C@H](CO)[C@@H](O)[C@@H]2O)c(=O)[nH]1. The summed E-state index contributed by atoms with van der Waals surface area (Å²) in [6.07, 6.45) is -2.99. The van der Waals surface area contributed by atoms with E-state index in [9.17, 15) is 15.0 Å². The predicted molar refractivity (Wildman–Crippen MR) is 67.8 cm³/mol. The van der Waals surface area contributed by atoms with Crippen LogP contribution in [-0.4, -0.2) is 54.8 Å². The molecular formula is C11H14N4O5. The molecule has 0 radical (unpaired) electrons. The van der Waals surface area contributed by atoms with Crippen LogP contribution in [0.1, 0.15) is 6.23 Å². The first-order chi connectivity index (χ1) is 9.52. The molecule has 20 heavy (non-hydrogen) atoms. The molecule has 1 aliphatic rings. The molecule has 1 fully saturated rings. The molecular weight excluding hydrogens is 268 g/mol. The van der Waals surface area contributed by atoms with Gasteiger partial charge in [0.15, 0.2) is 11.7 Å². The molecule has 3 rings (SSSR count). The van der Waals surface area contributed by atoms with E-state index in [0.29, 0.717) is 5.52 Å². The van der Waals surface area contributed by atoms with E-state index in [2.05, 4.69) is 9.97 Å². The lowest BCUT2D eigenvalue weighted by Crippen LogP contribution is -2.33. The Morgan fingerprint density at radius 2 is 2.20 bits per heavy atom. The molecule has 4 atom stereocenters. The van der Waals surface area contributed by atoms with Crippen LogP contribution in [0.5, 0.6) is 0 Å². The number of H-pyrrole nitrogens is 1. The number of rotatable bonds is 2. The van der Waals surface area contributed by atoms with Crippen molar-refractivity contribution in [1.82, 2.24) is 14.5 Å². The number of ether oxygens (including phenoxy) is 1. The summed E-state index contributed by atoms with van der Waals surface area (Å²) in [5.74, 6) is 0.149. The number of aromatic nitrogens is 3. The van der Waals surface area contributed by atoms with E-state index in [0.717, 1.165) is 0 Å². The molecule has 0 unspecified atom stereocenters. The number of aliphatic hydroxyl groups is 3. The van der Waals surface area contributed by atoms with E-state index >= 15 is 0 Å². The first-order valence-electron chi connectivity index (χ1n) is 6.00. The lowest BCUT2D eigenvalue weighted by Gasteiger charge is -2.17. The molecule has 0 amide bonds. The van der Waals surface area contributed by atoms with E-state index in [1.165, 1.54) is 17.0 Å². The van der Waals surface area contributed by atoms with Crippen LogP contribution in [0.2, 0.25) is 0 Å². The number of anilines is 1. The van der Waals surface area contributed by atoms with E-state index in [4.69, 9.17) is 15.6 Å². The van der Waals surface area contributed by atoms with Gasteiger partial charge < -0.3 is 35.3 Å². The summed E-state index contributed by atoms with van der Waals surface area (Å²) in [4.78, 5) is 18.0. The molecule has 0 aromatic carbocycles. The van der Waals surface area contributed by atoms with Crippen LogP contribution in [0.3, 0.4) is 0 Å². The first kappa shape index (κ1) is 13.1. The summed E-state index contributed by atoms with van der Waals surface area (Å²) in [5.41, 5.74) is 5.65. The number of aromatic amines is 1. The fourth-order valence-electron chi connectivity index (χ4n) is 2.37. The Morgan fingerprint density at radius 1 is 1.45 bits per heavy atom. The van der Waals surface area contributed by atoms with Crippen LogP contribution in [0, 0.1) is 0 Å². The van der Waals surface area contributed by atoms with Crippen molar-refractivity contribution >= 4 is 16.9 Å². The number of pyridine rings is 1. The second-order valence-electron chi connectivity index (χ2n) is 4.67. The zero-order valence-electron chi connectivity index (χ0n) is 10.3. The third-order valence-electron chi connectivity index (χ3n) is 3.39. The fraction of sp³-hybridized carbons (Fsp3) is 0.455. The van der Waals surface area contributed by atoms with E-state index in [-0.39, 0.29) is 11.3 Å². The smallest absolute Gasteiger partial charge is 0.277 e.